The Morgan fingerprint density at radius 1 is 1.00 bits per heavy atom. The second-order valence-electron chi connectivity index (χ2n) is 7.48. The third-order valence-corrected chi connectivity index (χ3v) is 5.53. The lowest BCUT2D eigenvalue weighted by atomic mass is 9.64. The van der Waals surface area contributed by atoms with Gasteiger partial charge in [-0.05, 0) is 55.5 Å². The van der Waals surface area contributed by atoms with Crippen LogP contribution in [0, 0.1) is 11.8 Å². The molecule has 3 heteroatoms. The summed E-state index contributed by atoms with van der Waals surface area (Å²) in [6.45, 7) is 0. The van der Waals surface area contributed by atoms with Crippen LogP contribution >= 0.6 is 0 Å². The molecule has 0 unspecified atom stereocenters. The van der Waals surface area contributed by atoms with Crippen molar-refractivity contribution in [1.82, 2.24) is 0 Å². The van der Waals surface area contributed by atoms with Gasteiger partial charge in [-0.3, -0.25) is 4.79 Å². The Labute approximate surface area is 160 Å². The van der Waals surface area contributed by atoms with Gasteiger partial charge in [0, 0.05) is 18.4 Å². The van der Waals surface area contributed by atoms with Crippen LogP contribution in [0.4, 0.5) is 0 Å². The fourth-order valence-corrected chi connectivity index (χ4v) is 3.95. The number of methoxy groups -OCH3 is 1. The van der Waals surface area contributed by atoms with Gasteiger partial charge in [-0.2, -0.15) is 0 Å². The molecule has 0 spiro atoms. The number of carbonyl (C=O) groups is 1. The fraction of sp³-hybridized carbons (Fsp3) is 0.375. The normalized spacial score (nSPS) is 18.3. The third kappa shape index (κ3) is 3.71. The van der Waals surface area contributed by atoms with Crippen molar-refractivity contribution in [3.05, 3.63) is 59.7 Å². The Hall–Kier alpha value is -2.73. The molecule has 2 saturated carbocycles. The van der Waals surface area contributed by atoms with Gasteiger partial charge in [-0.15, -0.1) is 0 Å². The highest BCUT2D eigenvalue weighted by Crippen LogP contribution is 2.44. The molecule has 0 bridgehead atoms. The van der Waals surface area contributed by atoms with Crippen molar-refractivity contribution < 1.29 is 14.3 Å². The zero-order valence-electron chi connectivity index (χ0n) is 15.7. The Morgan fingerprint density at radius 2 is 1.74 bits per heavy atom. The van der Waals surface area contributed by atoms with Crippen LogP contribution in [0.3, 0.4) is 0 Å². The monoisotopic (exact) mass is 360 g/mol. The van der Waals surface area contributed by atoms with E-state index in [1.807, 2.05) is 48.5 Å². The second-order valence-corrected chi connectivity index (χ2v) is 7.48. The summed E-state index contributed by atoms with van der Waals surface area (Å²) in [7, 11) is 1.66. The number of ketones is 1. The average molecular weight is 360 g/mol. The minimum absolute atomic E-state index is 0.253. The maximum absolute atomic E-state index is 11.9. The molecule has 0 saturated heterocycles. The summed E-state index contributed by atoms with van der Waals surface area (Å²) in [6, 6.07) is 15.9. The molecule has 3 nitrogen and oxygen atoms in total. The topological polar surface area (TPSA) is 35.5 Å². The Kier molecular flexibility index (Phi) is 4.90. The standard InChI is InChI=1S/C24H24O3/c1-26-22-12-11-19(15-23(22)27-21-9-5-6-10-21)24(16-20(25)17-24)14-13-18-7-3-2-4-8-18/h2-4,7-8,11-12,15,21H,5-6,9-10,16-17H2,1H3. The van der Waals surface area contributed by atoms with Crippen molar-refractivity contribution in [2.75, 3.05) is 7.11 Å². The molecule has 0 aromatic heterocycles. The van der Waals surface area contributed by atoms with Crippen LogP contribution in [0.2, 0.25) is 0 Å². The summed E-state index contributed by atoms with van der Waals surface area (Å²) in [5, 5.41) is 0. The van der Waals surface area contributed by atoms with E-state index < -0.39 is 5.41 Å². The van der Waals surface area contributed by atoms with Crippen LogP contribution < -0.4 is 9.47 Å². The predicted octanol–water partition coefficient (Wildman–Crippen LogP) is 4.67. The van der Waals surface area contributed by atoms with Gasteiger partial charge in [0.1, 0.15) is 5.78 Å². The molecule has 0 N–H and O–H groups in total. The van der Waals surface area contributed by atoms with Gasteiger partial charge in [0.25, 0.3) is 0 Å². The SMILES string of the molecule is COc1ccc(C2(C#Cc3ccccc3)CC(=O)C2)cc1OC1CCCC1. The van der Waals surface area contributed by atoms with Crippen LogP contribution in [0.1, 0.15) is 49.7 Å². The number of Topliss-reactive ketones (excluding diaryl/α,β-unsaturated/α-hetero) is 1. The van der Waals surface area contributed by atoms with Gasteiger partial charge >= 0.3 is 0 Å². The van der Waals surface area contributed by atoms with Gasteiger partial charge in [-0.1, -0.05) is 36.1 Å². The van der Waals surface area contributed by atoms with E-state index in [4.69, 9.17) is 9.47 Å². The van der Waals surface area contributed by atoms with E-state index in [0.29, 0.717) is 12.8 Å². The van der Waals surface area contributed by atoms with Gasteiger partial charge in [0.15, 0.2) is 11.5 Å². The number of ether oxygens (including phenoxy) is 2. The first-order chi connectivity index (χ1) is 13.2. The fourth-order valence-electron chi connectivity index (χ4n) is 3.95. The van der Waals surface area contributed by atoms with E-state index in [9.17, 15) is 4.79 Å². The van der Waals surface area contributed by atoms with Gasteiger partial charge in [0.2, 0.25) is 0 Å². The van der Waals surface area contributed by atoms with Crippen molar-refractivity contribution in [2.24, 2.45) is 0 Å². The lowest BCUT2D eigenvalue weighted by Crippen LogP contribution is -2.40. The molecule has 138 valence electrons. The van der Waals surface area contributed by atoms with E-state index in [-0.39, 0.29) is 11.9 Å². The lowest BCUT2D eigenvalue weighted by Gasteiger charge is -2.36. The molecule has 2 aromatic carbocycles. The highest BCUT2D eigenvalue weighted by molar-refractivity contribution is 5.90. The maximum Gasteiger partial charge on any atom is 0.161 e. The minimum atomic E-state index is -0.424. The van der Waals surface area contributed by atoms with E-state index in [2.05, 4.69) is 11.8 Å². The van der Waals surface area contributed by atoms with Crippen molar-refractivity contribution in [1.29, 1.82) is 0 Å². The van der Waals surface area contributed by atoms with Crippen molar-refractivity contribution >= 4 is 5.78 Å². The first kappa shape index (κ1) is 17.7. The second kappa shape index (κ2) is 7.48. The molecular weight excluding hydrogens is 336 g/mol. The molecule has 2 fully saturated rings. The molecule has 0 aliphatic heterocycles. The molecule has 4 rings (SSSR count). The quantitative estimate of drug-likeness (QED) is 0.744. The van der Waals surface area contributed by atoms with Gasteiger partial charge in [0.05, 0.1) is 18.6 Å². The zero-order valence-corrected chi connectivity index (χ0v) is 15.7. The molecule has 0 radical (unpaired) electrons. The molecule has 2 aliphatic carbocycles. The number of benzene rings is 2. The predicted molar refractivity (Wildman–Crippen MR) is 105 cm³/mol. The molecule has 0 atom stereocenters. The van der Waals surface area contributed by atoms with Crippen LogP contribution in [0.15, 0.2) is 48.5 Å². The molecule has 27 heavy (non-hydrogen) atoms. The summed E-state index contributed by atoms with van der Waals surface area (Å²) in [5.74, 6) is 8.40. The highest BCUT2D eigenvalue weighted by Gasteiger charge is 2.44. The van der Waals surface area contributed by atoms with Crippen LogP contribution in [0.25, 0.3) is 0 Å². The van der Waals surface area contributed by atoms with Crippen molar-refractivity contribution in [3.63, 3.8) is 0 Å². The van der Waals surface area contributed by atoms with Gasteiger partial charge in [-0.25, -0.2) is 0 Å². The summed E-state index contributed by atoms with van der Waals surface area (Å²) in [6.07, 6.45) is 5.78. The summed E-state index contributed by atoms with van der Waals surface area (Å²) in [4.78, 5) is 11.9. The van der Waals surface area contributed by atoms with E-state index in [1.54, 1.807) is 7.11 Å². The summed E-state index contributed by atoms with van der Waals surface area (Å²) in [5.41, 5.74) is 1.58. The number of carbonyl (C=O) groups excluding carboxylic acids is 1. The smallest absolute Gasteiger partial charge is 0.161 e. The third-order valence-electron chi connectivity index (χ3n) is 5.53. The first-order valence-electron chi connectivity index (χ1n) is 9.64. The maximum atomic E-state index is 11.9. The lowest BCUT2D eigenvalue weighted by molar-refractivity contribution is -0.126. The Morgan fingerprint density at radius 3 is 2.41 bits per heavy atom. The first-order valence-corrected chi connectivity index (χ1v) is 9.64. The molecule has 2 aromatic rings. The molecule has 2 aliphatic rings. The number of rotatable bonds is 4. The van der Waals surface area contributed by atoms with Crippen molar-refractivity contribution in [2.45, 2.75) is 50.0 Å². The molecular formula is C24H24O3. The molecule has 0 heterocycles. The Bertz CT molecular complexity index is 875. The van der Waals surface area contributed by atoms with E-state index in [0.717, 1.165) is 35.5 Å². The van der Waals surface area contributed by atoms with Gasteiger partial charge < -0.3 is 9.47 Å². The highest BCUT2D eigenvalue weighted by atomic mass is 16.5. The molecule has 0 amide bonds. The van der Waals surface area contributed by atoms with E-state index >= 15 is 0 Å². The van der Waals surface area contributed by atoms with E-state index in [1.165, 1.54) is 12.8 Å². The largest absolute Gasteiger partial charge is 0.493 e. The summed E-state index contributed by atoms with van der Waals surface area (Å²) >= 11 is 0. The van der Waals surface area contributed by atoms with Crippen LogP contribution in [-0.4, -0.2) is 19.0 Å². The van der Waals surface area contributed by atoms with Crippen molar-refractivity contribution in [3.8, 4) is 23.3 Å². The number of hydrogen-bond donors (Lipinski definition) is 0. The zero-order chi connectivity index (χ0) is 18.7. The Balaban J connectivity index is 1.66. The minimum Gasteiger partial charge on any atom is -0.493 e. The summed E-state index contributed by atoms with van der Waals surface area (Å²) < 4.78 is 11.7. The van der Waals surface area contributed by atoms with Crippen LogP contribution in [-0.2, 0) is 10.2 Å². The van der Waals surface area contributed by atoms with Crippen LogP contribution in [0.5, 0.6) is 11.5 Å². The average Bonchev–Trinajstić information content (AvgIpc) is 3.18. The number of hydrogen-bond acceptors (Lipinski definition) is 3.